The highest BCUT2D eigenvalue weighted by Gasteiger charge is 2.18. The van der Waals surface area contributed by atoms with Crippen LogP contribution in [0.1, 0.15) is 20.7 Å². The second-order valence-electron chi connectivity index (χ2n) is 4.55. The van der Waals surface area contributed by atoms with Gasteiger partial charge in [0.1, 0.15) is 5.75 Å². The first-order valence-electron chi connectivity index (χ1n) is 6.54. The SMILES string of the molecule is COc1ccc(S(N)(=O)=O)cc1C(=O)NNC(=O)c1ccncc1. The molecule has 0 aliphatic heterocycles. The molecule has 1 aromatic carbocycles. The minimum absolute atomic E-state index is 0.0981. The van der Waals surface area contributed by atoms with E-state index in [1.165, 1.54) is 43.8 Å². The van der Waals surface area contributed by atoms with Gasteiger partial charge in [0.2, 0.25) is 10.0 Å². The largest absolute Gasteiger partial charge is 0.496 e. The summed E-state index contributed by atoms with van der Waals surface area (Å²) in [4.78, 5) is 27.6. The molecule has 0 radical (unpaired) electrons. The molecule has 0 saturated heterocycles. The van der Waals surface area contributed by atoms with Gasteiger partial charge in [-0.15, -0.1) is 0 Å². The third-order valence-electron chi connectivity index (χ3n) is 2.98. The summed E-state index contributed by atoms with van der Waals surface area (Å²) in [6, 6.07) is 6.48. The summed E-state index contributed by atoms with van der Waals surface area (Å²) in [6.45, 7) is 0. The molecule has 0 bridgehead atoms. The number of pyridine rings is 1. The molecule has 0 atom stereocenters. The molecule has 2 amide bonds. The number of nitrogens with zero attached hydrogens (tertiary/aromatic N) is 1. The standard InChI is InChI=1S/C14H14N4O5S/c1-23-12-3-2-10(24(15,21)22)8-11(12)14(20)18-17-13(19)9-4-6-16-7-5-9/h2-8H,1H3,(H,17,19)(H,18,20)(H2,15,21,22). The lowest BCUT2D eigenvalue weighted by molar-refractivity contribution is 0.0844. The molecular formula is C14H14N4O5S. The van der Waals surface area contributed by atoms with E-state index in [0.29, 0.717) is 0 Å². The van der Waals surface area contributed by atoms with Crippen LogP contribution >= 0.6 is 0 Å². The van der Waals surface area contributed by atoms with E-state index >= 15 is 0 Å². The maximum absolute atomic E-state index is 12.2. The van der Waals surface area contributed by atoms with Crippen molar-refractivity contribution in [1.29, 1.82) is 0 Å². The second kappa shape index (κ2) is 7.06. The molecule has 9 nitrogen and oxygen atoms in total. The number of amides is 2. The Morgan fingerprint density at radius 3 is 2.29 bits per heavy atom. The normalized spacial score (nSPS) is 10.8. The van der Waals surface area contributed by atoms with Crippen molar-refractivity contribution in [2.24, 2.45) is 5.14 Å². The van der Waals surface area contributed by atoms with Gasteiger partial charge in [0.15, 0.2) is 0 Å². The number of nitrogens with one attached hydrogen (secondary N) is 2. The van der Waals surface area contributed by atoms with Gasteiger partial charge < -0.3 is 4.74 Å². The number of sulfonamides is 1. The zero-order valence-corrected chi connectivity index (χ0v) is 13.3. The van der Waals surface area contributed by atoms with Crippen LogP contribution in [0, 0.1) is 0 Å². The topological polar surface area (TPSA) is 140 Å². The van der Waals surface area contributed by atoms with Crippen LogP contribution in [0.3, 0.4) is 0 Å². The molecule has 0 aliphatic carbocycles. The minimum atomic E-state index is -3.99. The summed E-state index contributed by atoms with van der Waals surface area (Å²) < 4.78 is 27.8. The van der Waals surface area contributed by atoms with Crippen LogP contribution in [0.15, 0.2) is 47.6 Å². The summed E-state index contributed by atoms with van der Waals surface area (Å²) in [5.74, 6) is -1.20. The maximum Gasteiger partial charge on any atom is 0.273 e. The number of hydrogen-bond acceptors (Lipinski definition) is 6. The number of primary sulfonamides is 1. The molecule has 126 valence electrons. The quantitative estimate of drug-likeness (QED) is 0.653. The van der Waals surface area contributed by atoms with Crippen LogP contribution < -0.4 is 20.7 Å². The number of hydrogen-bond donors (Lipinski definition) is 3. The van der Waals surface area contributed by atoms with Gasteiger partial charge in [-0.2, -0.15) is 0 Å². The van der Waals surface area contributed by atoms with E-state index in [9.17, 15) is 18.0 Å². The fourth-order valence-corrected chi connectivity index (χ4v) is 2.34. The number of aromatic nitrogens is 1. The average Bonchev–Trinajstić information content (AvgIpc) is 2.58. The van der Waals surface area contributed by atoms with E-state index in [1.54, 1.807) is 0 Å². The van der Waals surface area contributed by atoms with E-state index in [2.05, 4.69) is 15.8 Å². The van der Waals surface area contributed by atoms with Crippen molar-refractivity contribution in [3.8, 4) is 5.75 Å². The number of nitrogens with two attached hydrogens (primary N) is 1. The van der Waals surface area contributed by atoms with Crippen LogP contribution in [0.25, 0.3) is 0 Å². The summed E-state index contributed by atoms with van der Waals surface area (Å²) >= 11 is 0. The summed E-state index contributed by atoms with van der Waals surface area (Å²) in [5.41, 5.74) is 4.57. The Labute approximate surface area is 137 Å². The predicted octanol–water partition coefficient (Wildman–Crippen LogP) is -0.188. The van der Waals surface area contributed by atoms with Crippen molar-refractivity contribution in [1.82, 2.24) is 15.8 Å². The van der Waals surface area contributed by atoms with E-state index < -0.39 is 21.8 Å². The highest BCUT2D eigenvalue weighted by molar-refractivity contribution is 7.89. The van der Waals surface area contributed by atoms with Crippen LogP contribution in [0.4, 0.5) is 0 Å². The summed E-state index contributed by atoms with van der Waals surface area (Å²) in [5, 5.41) is 5.04. The van der Waals surface area contributed by atoms with Crippen molar-refractivity contribution < 1.29 is 22.7 Å². The van der Waals surface area contributed by atoms with E-state index in [4.69, 9.17) is 9.88 Å². The zero-order chi connectivity index (χ0) is 17.7. The molecule has 0 unspecified atom stereocenters. The monoisotopic (exact) mass is 350 g/mol. The Morgan fingerprint density at radius 1 is 1.08 bits per heavy atom. The molecule has 10 heteroatoms. The third-order valence-corrected chi connectivity index (χ3v) is 3.89. The van der Waals surface area contributed by atoms with Crippen LogP contribution in [0.5, 0.6) is 5.75 Å². The number of carbonyl (C=O) groups excluding carboxylic acids is 2. The Bertz CT molecular complexity index is 868. The van der Waals surface area contributed by atoms with Gasteiger partial charge in [-0.3, -0.25) is 25.4 Å². The predicted molar refractivity (Wildman–Crippen MR) is 83.5 cm³/mol. The van der Waals surface area contributed by atoms with E-state index in [0.717, 1.165) is 6.07 Å². The van der Waals surface area contributed by atoms with Gasteiger partial charge in [-0.25, -0.2) is 13.6 Å². The Morgan fingerprint density at radius 2 is 1.71 bits per heavy atom. The summed E-state index contributed by atoms with van der Waals surface area (Å²) in [6.07, 6.45) is 2.85. The summed E-state index contributed by atoms with van der Waals surface area (Å²) in [7, 11) is -2.67. The van der Waals surface area contributed by atoms with Crippen LogP contribution in [-0.2, 0) is 10.0 Å². The minimum Gasteiger partial charge on any atom is -0.496 e. The van der Waals surface area contributed by atoms with Crippen LogP contribution in [-0.4, -0.2) is 32.3 Å². The van der Waals surface area contributed by atoms with Gasteiger partial charge in [0.05, 0.1) is 17.6 Å². The Kier molecular flexibility index (Phi) is 5.11. The molecular weight excluding hydrogens is 336 g/mol. The molecule has 24 heavy (non-hydrogen) atoms. The van der Waals surface area contributed by atoms with Gasteiger partial charge in [-0.1, -0.05) is 0 Å². The number of ether oxygens (including phenoxy) is 1. The average molecular weight is 350 g/mol. The highest BCUT2D eigenvalue weighted by Crippen LogP contribution is 2.21. The first-order valence-corrected chi connectivity index (χ1v) is 8.09. The zero-order valence-electron chi connectivity index (χ0n) is 12.5. The molecule has 0 saturated carbocycles. The lowest BCUT2D eigenvalue weighted by Crippen LogP contribution is -2.41. The van der Waals surface area contributed by atoms with Crippen molar-refractivity contribution in [3.63, 3.8) is 0 Å². The Balaban J connectivity index is 2.18. The van der Waals surface area contributed by atoms with Crippen LogP contribution in [0.2, 0.25) is 0 Å². The molecule has 1 heterocycles. The molecule has 0 spiro atoms. The number of benzene rings is 1. The molecule has 0 aliphatic rings. The van der Waals surface area contributed by atoms with Crippen molar-refractivity contribution in [2.45, 2.75) is 4.90 Å². The first-order chi connectivity index (χ1) is 11.3. The molecule has 2 aromatic rings. The van der Waals surface area contributed by atoms with Crippen molar-refractivity contribution in [3.05, 3.63) is 53.9 Å². The first kappa shape index (κ1) is 17.4. The van der Waals surface area contributed by atoms with Crippen molar-refractivity contribution in [2.75, 3.05) is 7.11 Å². The second-order valence-corrected chi connectivity index (χ2v) is 6.11. The number of carbonyl (C=O) groups is 2. The van der Waals surface area contributed by atoms with E-state index in [-0.39, 0.29) is 21.8 Å². The molecule has 2 rings (SSSR count). The lowest BCUT2D eigenvalue weighted by Gasteiger charge is -2.11. The maximum atomic E-state index is 12.2. The van der Waals surface area contributed by atoms with Gasteiger partial charge in [0.25, 0.3) is 11.8 Å². The van der Waals surface area contributed by atoms with Crippen molar-refractivity contribution >= 4 is 21.8 Å². The van der Waals surface area contributed by atoms with Gasteiger partial charge in [0, 0.05) is 18.0 Å². The van der Waals surface area contributed by atoms with Gasteiger partial charge >= 0.3 is 0 Å². The lowest BCUT2D eigenvalue weighted by atomic mass is 10.2. The smallest absolute Gasteiger partial charge is 0.273 e. The van der Waals surface area contributed by atoms with E-state index in [1.807, 2.05) is 0 Å². The fraction of sp³-hybridized carbons (Fsp3) is 0.0714. The Hall–Kier alpha value is -2.98. The molecule has 0 fully saturated rings. The number of hydrazine groups is 1. The number of rotatable bonds is 4. The highest BCUT2D eigenvalue weighted by atomic mass is 32.2. The molecule has 4 N–H and O–H groups in total. The fourth-order valence-electron chi connectivity index (χ4n) is 1.80. The number of methoxy groups -OCH3 is 1. The molecule has 1 aromatic heterocycles. The van der Waals surface area contributed by atoms with Gasteiger partial charge in [-0.05, 0) is 30.3 Å². The third kappa shape index (κ3) is 4.06.